The molecular formula is C20H29F2N3O. The number of rotatable bonds is 5. The minimum atomic E-state index is -0.820. The predicted molar refractivity (Wildman–Crippen MR) is 99.2 cm³/mol. The number of benzene rings is 1. The van der Waals surface area contributed by atoms with E-state index in [2.05, 4.69) is 29.0 Å². The molecule has 1 amide bonds. The van der Waals surface area contributed by atoms with Gasteiger partial charge in [-0.05, 0) is 57.7 Å². The number of hydrogen-bond acceptors (Lipinski definition) is 3. The fourth-order valence-electron chi connectivity index (χ4n) is 4.13. The van der Waals surface area contributed by atoms with Crippen LogP contribution < -0.4 is 10.2 Å². The summed E-state index contributed by atoms with van der Waals surface area (Å²) in [7, 11) is 0. The quantitative estimate of drug-likeness (QED) is 0.871. The molecule has 3 rings (SSSR count). The molecule has 2 fully saturated rings. The molecule has 0 aromatic heterocycles. The van der Waals surface area contributed by atoms with Gasteiger partial charge in [0.2, 0.25) is 5.91 Å². The number of likely N-dealkylation sites (tertiary alicyclic amines) is 1. The van der Waals surface area contributed by atoms with Crippen LogP contribution in [0, 0.1) is 17.6 Å². The highest BCUT2D eigenvalue weighted by molar-refractivity contribution is 5.81. The summed E-state index contributed by atoms with van der Waals surface area (Å²) in [5.74, 6) is -1.17. The van der Waals surface area contributed by atoms with Crippen LogP contribution in [0.4, 0.5) is 14.5 Å². The second-order valence-electron chi connectivity index (χ2n) is 7.79. The van der Waals surface area contributed by atoms with Crippen LogP contribution in [-0.4, -0.2) is 49.1 Å². The first-order valence-electron chi connectivity index (χ1n) is 9.69. The first-order valence-corrected chi connectivity index (χ1v) is 9.69. The van der Waals surface area contributed by atoms with Gasteiger partial charge in [-0.2, -0.15) is 0 Å². The van der Waals surface area contributed by atoms with Crippen molar-refractivity contribution in [1.29, 1.82) is 0 Å². The average Bonchev–Trinajstić information content (AvgIpc) is 3.11. The van der Waals surface area contributed by atoms with Crippen molar-refractivity contribution in [2.75, 3.05) is 31.1 Å². The Labute approximate surface area is 154 Å². The fourth-order valence-corrected chi connectivity index (χ4v) is 4.13. The van der Waals surface area contributed by atoms with E-state index in [0.29, 0.717) is 24.2 Å². The molecule has 0 saturated carbocycles. The van der Waals surface area contributed by atoms with Crippen molar-refractivity contribution in [2.45, 2.75) is 51.6 Å². The number of nitrogens with one attached hydrogen (secondary N) is 1. The summed E-state index contributed by atoms with van der Waals surface area (Å²) in [4.78, 5) is 17.0. The summed E-state index contributed by atoms with van der Waals surface area (Å²) in [5.41, 5.74) is 0.705. The van der Waals surface area contributed by atoms with E-state index in [1.807, 2.05) is 0 Å². The van der Waals surface area contributed by atoms with Gasteiger partial charge in [0, 0.05) is 37.4 Å². The molecule has 2 saturated heterocycles. The molecule has 6 heteroatoms. The van der Waals surface area contributed by atoms with Gasteiger partial charge in [0.05, 0.1) is 6.04 Å². The van der Waals surface area contributed by atoms with Gasteiger partial charge in [0.15, 0.2) is 11.6 Å². The van der Waals surface area contributed by atoms with E-state index >= 15 is 0 Å². The molecule has 2 atom stereocenters. The van der Waals surface area contributed by atoms with Crippen molar-refractivity contribution >= 4 is 11.6 Å². The minimum absolute atomic E-state index is 0.0209. The second-order valence-corrected chi connectivity index (χ2v) is 7.79. The summed E-state index contributed by atoms with van der Waals surface area (Å²) in [6.07, 6.45) is 4.13. The standard InChI is InChI=1S/C20H29F2N3O/c1-14(2)25-9-4-3-5-19(25)20(26)23-12-15-8-10-24(13-15)16-6-7-17(21)18(22)11-16/h6-7,11,14-15,19H,3-5,8-10,12-13H2,1-2H3,(H,23,26)/t15-,19+/m1/s1. The Morgan fingerprint density at radius 3 is 2.73 bits per heavy atom. The highest BCUT2D eigenvalue weighted by Gasteiger charge is 2.31. The van der Waals surface area contributed by atoms with Crippen LogP contribution in [0.2, 0.25) is 0 Å². The molecule has 144 valence electrons. The molecule has 4 nitrogen and oxygen atoms in total. The number of halogens is 2. The zero-order chi connectivity index (χ0) is 18.7. The van der Waals surface area contributed by atoms with E-state index in [4.69, 9.17) is 0 Å². The molecular weight excluding hydrogens is 336 g/mol. The minimum Gasteiger partial charge on any atom is -0.371 e. The predicted octanol–water partition coefficient (Wildman–Crippen LogP) is 3.17. The third-order valence-electron chi connectivity index (χ3n) is 5.63. The van der Waals surface area contributed by atoms with Gasteiger partial charge in [0.1, 0.15) is 0 Å². The molecule has 26 heavy (non-hydrogen) atoms. The number of anilines is 1. The number of nitrogens with zero attached hydrogens (tertiary/aromatic N) is 2. The normalized spacial score (nSPS) is 24.3. The maximum absolute atomic E-state index is 13.4. The Kier molecular flexibility index (Phi) is 6.12. The molecule has 0 aliphatic carbocycles. The Bertz CT molecular complexity index is 637. The zero-order valence-corrected chi connectivity index (χ0v) is 15.7. The molecule has 2 heterocycles. The van der Waals surface area contributed by atoms with E-state index in [1.165, 1.54) is 12.1 Å². The van der Waals surface area contributed by atoms with Crippen molar-refractivity contribution in [3.63, 3.8) is 0 Å². The van der Waals surface area contributed by atoms with Crippen LogP contribution in [-0.2, 0) is 4.79 Å². The van der Waals surface area contributed by atoms with Gasteiger partial charge in [0.25, 0.3) is 0 Å². The number of hydrogen-bond donors (Lipinski definition) is 1. The molecule has 1 aromatic rings. The monoisotopic (exact) mass is 365 g/mol. The highest BCUT2D eigenvalue weighted by atomic mass is 19.2. The molecule has 0 bridgehead atoms. The fraction of sp³-hybridized carbons (Fsp3) is 0.650. The van der Waals surface area contributed by atoms with Crippen LogP contribution in [0.3, 0.4) is 0 Å². The summed E-state index contributed by atoms with van der Waals surface area (Å²) in [5, 5.41) is 3.13. The Morgan fingerprint density at radius 2 is 2.00 bits per heavy atom. The Hall–Kier alpha value is -1.69. The SMILES string of the molecule is CC(C)N1CCCC[C@H]1C(=O)NC[C@H]1CCN(c2ccc(F)c(F)c2)C1. The Morgan fingerprint density at radius 1 is 1.19 bits per heavy atom. The van der Waals surface area contributed by atoms with Gasteiger partial charge < -0.3 is 10.2 Å². The Balaban J connectivity index is 1.51. The summed E-state index contributed by atoms with van der Waals surface area (Å²) in [6, 6.07) is 4.39. The first kappa shape index (κ1) is 19.1. The van der Waals surface area contributed by atoms with Crippen molar-refractivity contribution in [2.24, 2.45) is 5.92 Å². The van der Waals surface area contributed by atoms with Crippen molar-refractivity contribution in [3.05, 3.63) is 29.8 Å². The van der Waals surface area contributed by atoms with Crippen molar-refractivity contribution < 1.29 is 13.6 Å². The lowest BCUT2D eigenvalue weighted by molar-refractivity contribution is -0.128. The summed E-state index contributed by atoms with van der Waals surface area (Å²) in [6.45, 7) is 7.46. The molecule has 0 radical (unpaired) electrons. The molecule has 2 aliphatic heterocycles. The van der Waals surface area contributed by atoms with Gasteiger partial charge >= 0.3 is 0 Å². The smallest absolute Gasteiger partial charge is 0.237 e. The van der Waals surface area contributed by atoms with Gasteiger partial charge in [-0.1, -0.05) is 6.42 Å². The maximum atomic E-state index is 13.4. The topological polar surface area (TPSA) is 35.6 Å². The van der Waals surface area contributed by atoms with E-state index in [9.17, 15) is 13.6 Å². The largest absolute Gasteiger partial charge is 0.371 e. The highest BCUT2D eigenvalue weighted by Crippen LogP contribution is 2.25. The van der Waals surface area contributed by atoms with E-state index in [-0.39, 0.29) is 11.9 Å². The van der Waals surface area contributed by atoms with Gasteiger partial charge in [-0.3, -0.25) is 9.69 Å². The molecule has 0 spiro atoms. The average molecular weight is 365 g/mol. The molecule has 0 unspecified atom stereocenters. The van der Waals surface area contributed by atoms with E-state index < -0.39 is 11.6 Å². The second kappa shape index (κ2) is 8.33. The lowest BCUT2D eigenvalue weighted by Crippen LogP contribution is -2.52. The van der Waals surface area contributed by atoms with Gasteiger partial charge in [-0.25, -0.2) is 8.78 Å². The number of carbonyl (C=O) groups excluding carboxylic acids is 1. The third kappa shape index (κ3) is 4.34. The summed E-state index contributed by atoms with van der Waals surface area (Å²) < 4.78 is 26.5. The van der Waals surface area contributed by atoms with Crippen molar-refractivity contribution in [3.8, 4) is 0 Å². The number of carbonyl (C=O) groups is 1. The van der Waals surface area contributed by atoms with Crippen molar-refractivity contribution in [1.82, 2.24) is 10.2 Å². The van der Waals surface area contributed by atoms with Crippen LogP contribution in [0.1, 0.15) is 39.5 Å². The van der Waals surface area contributed by atoms with E-state index in [1.54, 1.807) is 6.07 Å². The lowest BCUT2D eigenvalue weighted by Gasteiger charge is -2.37. The van der Waals surface area contributed by atoms with E-state index in [0.717, 1.165) is 45.3 Å². The zero-order valence-electron chi connectivity index (χ0n) is 15.7. The van der Waals surface area contributed by atoms with Crippen LogP contribution in [0.5, 0.6) is 0 Å². The van der Waals surface area contributed by atoms with Crippen LogP contribution in [0.15, 0.2) is 18.2 Å². The molecule has 1 aromatic carbocycles. The lowest BCUT2D eigenvalue weighted by atomic mass is 9.99. The third-order valence-corrected chi connectivity index (χ3v) is 5.63. The maximum Gasteiger partial charge on any atom is 0.237 e. The molecule has 2 aliphatic rings. The first-order chi connectivity index (χ1) is 12.5. The molecule has 1 N–H and O–H groups in total. The van der Waals surface area contributed by atoms with Crippen LogP contribution >= 0.6 is 0 Å². The summed E-state index contributed by atoms with van der Waals surface area (Å²) >= 11 is 0. The number of amides is 1. The van der Waals surface area contributed by atoms with Crippen LogP contribution in [0.25, 0.3) is 0 Å². The van der Waals surface area contributed by atoms with Gasteiger partial charge in [-0.15, -0.1) is 0 Å². The number of piperidine rings is 1.